The standard InChI is InChI=1S/Cr.6Mo. The molecule has 0 aromatic heterocycles. The molecule has 0 bridgehead atoms. The van der Waals surface area contributed by atoms with Crippen molar-refractivity contribution in [2.45, 2.75) is 0 Å². The number of hydrogen-bond acceptors (Lipinski definition) is 0. The number of hydrogen-bond donors (Lipinski definition) is 0. The van der Waals surface area contributed by atoms with Crippen molar-refractivity contribution in [3.05, 3.63) is 0 Å². The van der Waals surface area contributed by atoms with Crippen molar-refractivity contribution in [1.29, 1.82) is 0 Å². The Morgan fingerprint density at radius 2 is 0.286 bits per heavy atom. The van der Waals surface area contributed by atoms with E-state index in [9.17, 15) is 0 Å². The molecule has 0 fully saturated rings. The summed E-state index contributed by atoms with van der Waals surface area (Å²) < 4.78 is 0. The van der Waals surface area contributed by atoms with E-state index in [2.05, 4.69) is 0 Å². The minimum Gasteiger partial charge on any atom is 0 e. The maximum absolute atomic E-state index is 0. The Hall–Kier alpha value is 4.66. The van der Waals surface area contributed by atoms with Crippen molar-refractivity contribution in [2.75, 3.05) is 0 Å². The largest absolute Gasteiger partial charge is 0 e. The zero-order chi connectivity index (χ0) is 0. The summed E-state index contributed by atoms with van der Waals surface area (Å²) >= 11 is 0. The summed E-state index contributed by atoms with van der Waals surface area (Å²) in [5.74, 6) is 0. The van der Waals surface area contributed by atoms with Crippen molar-refractivity contribution < 1.29 is 144 Å². The molecule has 0 radical (unpaired) electrons. The summed E-state index contributed by atoms with van der Waals surface area (Å²) in [6.45, 7) is 0. The zero-order valence-corrected chi connectivity index (χ0v) is 16.2. The van der Waals surface area contributed by atoms with Crippen molar-refractivity contribution >= 4 is 0 Å². The van der Waals surface area contributed by atoms with Gasteiger partial charge in [-0.15, -0.1) is 0 Å². The van der Waals surface area contributed by atoms with E-state index in [1.54, 1.807) is 0 Å². The Labute approximate surface area is 141 Å². The van der Waals surface area contributed by atoms with Crippen LogP contribution < -0.4 is 0 Å². The zero-order valence-electron chi connectivity index (χ0n) is 2.86. The molecule has 7 heavy (non-hydrogen) atoms. The molecule has 0 spiro atoms. The second kappa shape index (κ2) is 45.8. The number of rotatable bonds is 0. The molecule has 0 atom stereocenters. The predicted octanol–water partition coefficient (Wildman–Crippen LogP) is -0.0175. The van der Waals surface area contributed by atoms with Crippen LogP contribution in [-0.4, -0.2) is 0 Å². The van der Waals surface area contributed by atoms with Crippen LogP contribution in [0.2, 0.25) is 0 Å². The van der Waals surface area contributed by atoms with E-state index >= 15 is 0 Å². The molecule has 0 aliphatic rings. The third-order valence-corrected chi connectivity index (χ3v) is 0. The van der Waals surface area contributed by atoms with Gasteiger partial charge in [-0.05, 0) is 0 Å². The van der Waals surface area contributed by atoms with Gasteiger partial charge in [-0.3, -0.25) is 0 Å². The van der Waals surface area contributed by atoms with E-state index in [0.717, 1.165) is 0 Å². The average Bonchev–Trinajstić information content (AvgIpc) is 0. The van der Waals surface area contributed by atoms with Gasteiger partial charge in [-0.2, -0.15) is 0 Å². The van der Waals surface area contributed by atoms with Crippen LogP contribution in [0.3, 0.4) is 0 Å². The van der Waals surface area contributed by atoms with Crippen LogP contribution in [0.4, 0.5) is 0 Å². The average molecular weight is 628 g/mol. The van der Waals surface area contributed by atoms with Crippen LogP contribution in [0, 0.1) is 0 Å². The molecule has 0 N–H and O–H groups in total. The molecule has 0 aromatic rings. The summed E-state index contributed by atoms with van der Waals surface area (Å²) in [6, 6.07) is 0. The fraction of sp³-hybridized carbons (Fsp3) is 0. The maximum atomic E-state index is 0. The van der Waals surface area contributed by atoms with E-state index in [-0.39, 0.29) is 144 Å². The summed E-state index contributed by atoms with van der Waals surface area (Å²) in [5, 5.41) is 0. The topological polar surface area (TPSA) is 0 Å². The molecule has 7 heteroatoms. The van der Waals surface area contributed by atoms with Gasteiger partial charge in [-0.25, -0.2) is 0 Å². The first-order chi connectivity index (χ1) is 0. The van der Waals surface area contributed by atoms with E-state index in [1.165, 1.54) is 0 Å². The van der Waals surface area contributed by atoms with Gasteiger partial charge in [0.05, 0.1) is 0 Å². The summed E-state index contributed by atoms with van der Waals surface area (Å²) in [7, 11) is 0. The van der Waals surface area contributed by atoms with Gasteiger partial charge >= 0.3 is 0 Å². The SMILES string of the molecule is [Cr].[Mo].[Mo].[Mo].[Mo].[Mo].[Mo]. The quantitative estimate of drug-likeness (QED) is 0.332. The molecule has 42 valence electrons. The van der Waals surface area contributed by atoms with Gasteiger partial charge in [0.1, 0.15) is 0 Å². The van der Waals surface area contributed by atoms with Crippen LogP contribution in [-0.2, 0) is 144 Å². The molecule has 0 nitrogen and oxygen atoms in total. The first-order valence-corrected chi connectivity index (χ1v) is 0. The summed E-state index contributed by atoms with van der Waals surface area (Å²) in [5.41, 5.74) is 0. The van der Waals surface area contributed by atoms with Gasteiger partial charge in [0.25, 0.3) is 0 Å². The smallest absolute Gasteiger partial charge is 0 e. The third kappa shape index (κ3) is 36.8. The normalized spacial score (nSPS) is 0. The molecule has 0 unspecified atom stereocenters. The minimum atomic E-state index is 0. The van der Waals surface area contributed by atoms with E-state index in [4.69, 9.17) is 0 Å². The molecule has 0 aliphatic carbocycles. The Balaban J connectivity index is 0. The predicted molar refractivity (Wildman–Crippen MR) is 0 cm³/mol. The molecule has 0 saturated carbocycles. The van der Waals surface area contributed by atoms with Crippen LogP contribution in [0.25, 0.3) is 0 Å². The molecule has 0 rings (SSSR count). The maximum Gasteiger partial charge on any atom is 0 e. The van der Waals surface area contributed by atoms with E-state index in [1.807, 2.05) is 0 Å². The fourth-order valence-electron chi connectivity index (χ4n) is 0. The van der Waals surface area contributed by atoms with Gasteiger partial charge in [0.15, 0.2) is 0 Å². The Bertz CT molecular complexity index is 4.14. The third-order valence-electron chi connectivity index (χ3n) is 0. The molecule has 0 saturated heterocycles. The fourth-order valence-corrected chi connectivity index (χ4v) is 0. The van der Waals surface area contributed by atoms with Crippen molar-refractivity contribution in [2.24, 2.45) is 0 Å². The van der Waals surface area contributed by atoms with Crippen LogP contribution in [0.1, 0.15) is 0 Å². The molecular weight excluding hydrogens is 628 g/mol. The van der Waals surface area contributed by atoms with Gasteiger partial charge in [0, 0.05) is 144 Å². The van der Waals surface area contributed by atoms with Crippen LogP contribution >= 0.6 is 0 Å². The summed E-state index contributed by atoms with van der Waals surface area (Å²) in [4.78, 5) is 0. The van der Waals surface area contributed by atoms with Gasteiger partial charge in [0.2, 0.25) is 0 Å². The first-order valence-electron chi connectivity index (χ1n) is 0. The first kappa shape index (κ1) is 61.0. The van der Waals surface area contributed by atoms with Gasteiger partial charge < -0.3 is 0 Å². The second-order valence-electron chi connectivity index (χ2n) is 0. The summed E-state index contributed by atoms with van der Waals surface area (Å²) in [6.07, 6.45) is 0. The molecule has 0 amide bonds. The van der Waals surface area contributed by atoms with E-state index in [0.29, 0.717) is 0 Å². The van der Waals surface area contributed by atoms with Crippen molar-refractivity contribution in [3.63, 3.8) is 0 Å². The van der Waals surface area contributed by atoms with Gasteiger partial charge in [-0.1, -0.05) is 0 Å². The van der Waals surface area contributed by atoms with Crippen LogP contribution in [0.5, 0.6) is 0 Å². The van der Waals surface area contributed by atoms with Crippen molar-refractivity contribution in [3.8, 4) is 0 Å². The minimum absolute atomic E-state index is 0. The Kier molecular flexibility index (Phi) is 399. The Morgan fingerprint density at radius 1 is 0.286 bits per heavy atom. The Morgan fingerprint density at radius 3 is 0.286 bits per heavy atom. The van der Waals surface area contributed by atoms with Crippen molar-refractivity contribution in [1.82, 2.24) is 0 Å². The monoisotopic (exact) mass is 639 g/mol. The van der Waals surface area contributed by atoms with Crippen LogP contribution in [0.15, 0.2) is 0 Å². The molecule has 0 heterocycles. The molecular formula is CrMo6. The molecule has 0 aliphatic heterocycles. The molecule has 0 aromatic carbocycles. The van der Waals surface area contributed by atoms with E-state index < -0.39 is 0 Å². The second-order valence-corrected chi connectivity index (χ2v) is 0.